The van der Waals surface area contributed by atoms with Crippen molar-refractivity contribution in [1.29, 1.82) is 0 Å². The Hall–Kier alpha value is -2.62. The summed E-state index contributed by atoms with van der Waals surface area (Å²) in [7, 11) is 0. The van der Waals surface area contributed by atoms with E-state index in [1.807, 2.05) is 68.4 Å². The quantitative estimate of drug-likeness (QED) is 0.872. The highest BCUT2D eigenvalue weighted by Crippen LogP contribution is 2.24. The molecule has 0 aliphatic carbocycles. The van der Waals surface area contributed by atoms with Crippen molar-refractivity contribution in [1.82, 2.24) is 4.90 Å². The van der Waals surface area contributed by atoms with Gasteiger partial charge in [0.15, 0.2) is 0 Å². The topological polar surface area (TPSA) is 40.6 Å². The Bertz CT molecular complexity index is 742. The third-order valence-electron chi connectivity index (χ3n) is 4.51. The van der Waals surface area contributed by atoms with Crippen LogP contribution in [0.25, 0.3) is 0 Å². The summed E-state index contributed by atoms with van der Waals surface area (Å²) in [6, 6.07) is 17.5. The molecular formula is C20H22N2O2. The van der Waals surface area contributed by atoms with E-state index in [2.05, 4.69) is 0 Å². The lowest BCUT2D eigenvalue weighted by Crippen LogP contribution is -2.57. The van der Waals surface area contributed by atoms with Crippen molar-refractivity contribution in [2.45, 2.75) is 26.3 Å². The molecule has 0 spiro atoms. The molecule has 1 aliphatic rings. The highest BCUT2D eigenvalue weighted by Gasteiger charge is 2.33. The molecular weight excluding hydrogens is 300 g/mol. The van der Waals surface area contributed by atoms with Crippen LogP contribution in [-0.2, 0) is 16.0 Å². The first-order valence-electron chi connectivity index (χ1n) is 8.25. The molecule has 24 heavy (non-hydrogen) atoms. The zero-order valence-electron chi connectivity index (χ0n) is 14.1. The molecule has 2 aromatic rings. The van der Waals surface area contributed by atoms with E-state index in [4.69, 9.17) is 0 Å². The average molecular weight is 322 g/mol. The van der Waals surface area contributed by atoms with Crippen molar-refractivity contribution in [3.63, 3.8) is 0 Å². The molecule has 0 bridgehead atoms. The van der Waals surface area contributed by atoms with Crippen LogP contribution in [0.2, 0.25) is 0 Å². The van der Waals surface area contributed by atoms with Crippen molar-refractivity contribution in [3.8, 4) is 0 Å². The van der Waals surface area contributed by atoms with Gasteiger partial charge in [-0.15, -0.1) is 0 Å². The monoisotopic (exact) mass is 322 g/mol. The maximum Gasteiger partial charge on any atom is 0.246 e. The van der Waals surface area contributed by atoms with Gasteiger partial charge >= 0.3 is 0 Å². The molecule has 3 rings (SSSR count). The number of anilines is 1. The fourth-order valence-corrected chi connectivity index (χ4v) is 3.16. The average Bonchev–Trinajstić information content (AvgIpc) is 2.58. The number of nitrogens with zero attached hydrogens (tertiary/aromatic N) is 2. The predicted molar refractivity (Wildman–Crippen MR) is 94.9 cm³/mol. The first-order chi connectivity index (χ1) is 11.6. The van der Waals surface area contributed by atoms with E-state index in [1.54, 1.807) is 9.80 Å². The summed E-state index contributed by atoms with van der Waals surface area (Å²) in [5, 5.41) is 0. The van der Waals surface area contributed by atoms with E-state index in [9.17, 15) is 9.59 Å². The van der Waals surface area contributed by atoms with Crippen LogP contribution in [0.15, 0.2) is 54.6 Å². The summed E-state index contributed by atoms with van der Waals surface area (Å²) in [5.41, 5.74) is 2.98. The number of hydrogen-bond donors (Lipinski definition) is 0. The molecule has 2 amide bonds. The Morgan fingerprint density at radius 2 is 1.75 bits per heavy atom. The van der Waals surface area contributed by atoms with Crippen molar-refractivity contribution in [2.75, 3.05) is 18.0 Å². The van der Waals surface area contributed by atoms with Crippen molar-refractivity contribution >= 4 is 17.5 Å². The van der Waals surface area contributed by atoms with E-state index in [0.29, 0.717) is 13.0 Å². The second kappa shape index (κ2) is 6.87. The molecule has 1 saturated heterocycles. The van der Waals surface area contributed by atoms with Gasteiger partial charge in [0.25, 0.3) is 0 Å². The highest BCUT2D eigenvalue weighted by molar-refractivity contribution is 5.98. The lowest BCUT2D eigenvalue weighted by Gasteiger charge is -2.40. The van der Waals surface area contributed by atoms with Gasteiger partial charge in [0.1, 0.15) is 6.54 Å². The van der Waals surface area contributed by atoms with Gasteiger partial charge in [0, 0.05) is 18.3 Å². The minimum absolute atomic E-state index is 0.00137. The predicted octanol–water partition coefficient (Wildman–Crippen LogP) is 2.80. The molecule has 2 aromatic carbocycles. The Balaban J connectivity index is 1.73. The van der Waals surface area contributed by atoms with Gasteiger partial charge in [-0.3, -0.25) is 9.59 Å². The molecule has 0 radical (unpaired) electrons. The molecule has 0 aromatic heterocycles. The first kappa shape index (κ1) is 16.2. The summed E-state index contributed by atoms with van der Waals surface area (Å²) in [6.07, 6.45) is 0.336. The largest absolute Gasteiger partial charge is 0.329 e. The molecule has 1 heterocycles. The van der Waals surface area contributed by atoms with Crippen LogP contribution in [0.1, 0.15) is 18.1 Å². The van der Waals surface area contributed by atoms with Crippen LogP contribution in [0, 0.1) is 6.92 Å². The Kier molecular flexibility index (Phi) is 4.65. The lowest BCUT2D eigenvalue weighted by atomic mass is 10.1. The SMILES string of the molecule is Cc1ccccc1N1C[C@H](C)N(C(=O)Cc2ccccc2)CC1=O. The molecule has 0 saturated carbocycles. The van der Waals surface area contributed by atoms with E-state index in [-0.39, 0.29) is 24.4 Å². The molecule has 1 aliphatic heterocycles. The van der Waals surface area contributed by atoms with E-state index >= 15 is 0 Å². The normalized spacial score (nSPS) is 17.9. The maximum atomic E-state index is 12.6. The van der Waals surface area contributed by atoms with E-state index in [0.717, 1.165) is 16.8 Å². The zero-order valence-corrected chi connectivity index (χ0v) is 14.1. The van der Waals surface area contributed by atoms with Crippen LogP contribution in [0.5, 0.6) is 0 Å². The first-order valence-corrected chi connectivity index (χ1v) is 8.25. The van der Waals surface area contributed by atoms with Crippen LogP contribution in [0.3, 0.4) is 0 Å². The Morgan fingerprint density at radius 1 is 1.08 bits per heavy atom. The maximum absolute atomic E-state index is 12.6. The minimum atomic E-state index is -0.0242. The van der Waals surface area contributed by atoms with Crippen molar-refractivity contribution < 1.29 is 9.59 Å². The fourth-order valence-electron chi connectivity index (χ4n) is 3.16. The molecule has 0 unspecified atom stereocenters. The van der Waals surface area contributed by atoms with Gasteiger partial charge in [-0.1, -0.05) is 48.5 Å². The van der Waals surface area contributed by atoms with Crippen LogP contribution in [0.4, 0.5) is 5.69 Å². The standard InChI is InChI=1S/C20H22N2O2/c1-15-8-6-7-11-18(15)22-13-16(2)21(14-20(22)24)19(23)12-17-9-4-3-5-10-17/h3-11,16H,12-14H2,1-2H3/t16-/m0/s1. The number of amides is 2. The molecule has 124 valence electrons. The van der Waals surface area contributed by atoms with Gasteiger partial charge in [-0.05, 0) is 31.0 Å². The van der Waals surface area contributed by atoms with Gasteiger partial charge in [0.2, 0.25) is 11.8 Å². The second-order valence-electron chi connectivity index (χ2n) is 6.32. The molecule has 4 nitrogen and oxygen atoms in total. The second-order valence-corrected chi connectivity index (χ2v) is 6.32. The molecule has 1 fully saturated rings. The third kappa shape index (κ3) is 3.32. The minimum Gasteiger partial charge on any atom is -0.329 e. The summed E-state index contributed by atoms with van der Waals surface area (Å²) in [5.74, 6) is -0.0182. The number of aryl methyl sites for hydroxylation is 1. The number of para-hydroxylation sites is 1. The van der Waals surface area contributed by atoms with Crippen molar-refractivity contribution in [2.24, 2.45) is 0 Å². The van der Waals surface area contributed by atoms with E-state index < -0.39 is 0 Å². The van der Waals surface area contributed by atoms with Gasteiger partial charge < -0.3 is 9.80 Å². The summed E-state index contributed by atoms with van der Waals surface area (Å²) >= 11 is 0. The Morgan fingerprint density at radius 3 is 2.46 bits per heavy atom. The molecule has 4 heteroatoms. The fraction of sp³-hybridized carbons (Fsp3) is 0.300. The van der Waals surface area contributed by atoms with Gasteiger partial charge in [0.05, 0.1) is 6.42 Å². The number of carbonyl (C=O) groups is 2. The number of piperazine rings is 1. The molecule has 0 N–H and O–H groups in total. The van der Waals surface area contributed by atoms with Gasteiger partial charge in [-0.25, -0.2) is 0 Å². The Labute approximate surface area is 142 Å². The number of carbonyl (C=O) groups excluding carboxylic acids is 2. The van der Waals surface area contributed by atoms with Crippen molar-refractivity contribution in [3.05, 3.63) is 65.7 Å². The number of rotatable bonds is 3. The smallest absolute Gasteiger partial charge is 0.246 e. The van der Waals surface area contributed by atoms with Gasteiger partial charge in [-0.2, -0.15) is 0 Å². The summed E-state index contributed by atoms with van der Waals surface area (Å²) in [6.45, 7) is 4.67. The lowest BCUT2D eigenvalue weighted by molar-refractivity contribution is -0.138. The third-order valence-corrected chi connectivity index (χ3v) is 4.51. The van der Waals surface area contributed by atoms with E-state index in [1.165, 1.54) is 0 Å². The van der Waals surface area contributed by atoms with Crippen LogP contribution >= 0.6 is 0 Å². The van der Waals surface area contributed by atoms with Crippen LogP contribution < -0.4 is 4.90 Å². The highest BCUT2D eigenvalue weighted by atomic mass is 16.2. The number of benzene rings is 2. The summed E-state index contributed by atoms with van der Waals surface area (Å²) in [4.78, 5) is 28.7. The summed E-state index contributed by atoms with van der Waals surface area (Å²) < 4.78 is 0. The zero-order chi connectivity index (χ0) is 17.1. The number of hydrogen-bond acceptors (Lipinski definition) is 2. The molecule has 1 atom stereocenters. The van der Waals surface area contributed by atoms with Crippen LogP contribution in [-0.4, -0.2) is 35.8 Å².